The van der Waals surface area contributed by atoms with Gasteiger partial charge in [0.1, 0.15) is 17.2 Å². The van der Waals surface area contributed by atoms with Gasteiger partial charge in [-0.25, -0.2) is 9.18 Å². The third-order valence-corrected chi connectivity index (χ3v) is 4.59. The Hall–Kier alpha value is -2.53. The minimum Gasteiger partial charge on any atom is -0.423 e. The highest BCUT2D eigenvalue weighted by Crippen LogP contribution is 2.44. The fourth-order valence-electron chi connectivity index (χ4n) is 3.00. The van der Waals surface area contributed by atoms with Crippen molar-refractivity contribution >= 4 is 11.8 Å². The molecule has 0 saturated heterocycles. The number of rotatable bonds is 4. The van der Waals surface area contributed by atoms with Crippen LogP contribution in [0.2, 0.25) is 0 Å². The predicted molar refractivity (Wildman–Crippen MR) is 97.0 cm³/mol. The normalized spacial score (nSPS) is 23.1. The molecule has 0 bridgehead atoms. The predicted octanol–water partition coefficient (Wildman–Crippen LogP) is 3.91. The number of benzene rings is 1. The number of halogens is 1. The van der Waals surface area contributed by atoms with Gasteiger partial charge in [0.15, 0.2) is 5.78 Å². The van der Waals surface area contributed by atoms with Gasteiger partial charge >= 0.3 is 5.97 Å². The topological polar surface area (TPSA) is 63.6 Å². The highest BCUT2D eigenvalue weighted by Gasteiger charge is 2.46. The fourth-order valence-corrected chi connectivity index (χ4v) is 3.00. The van der Waals surface area contributed by atoms with Crippen LogP contribution in [0.4, 0.5) is 4.39 Å². The molecule has 1 atom stereocenters. The van der Waals surface area contributed by atoms with Crippen LogP contribution < -0.4 is 4.74 Å². The van der Waals surface area contributed by atoms with E-state index in [0.29, 0.717) is 11.1 Å². The van der Waals surface area contributed by atoms with Gasteiger partial charge in [0.2, 0.25) is 0 Å². The van der Waals surface area contributed by atoms with Crippen LogP contribution in [0.15, 0.2) is 59.7 Å². The van der Waals surface area contributed by atoms with Crippen molar-refractivity contribution in [3.8, 4) is 5.75 Å². The maximum Gasteiger partial charge on any atom is 0.336 e. The van der Waals surface area contributed by atoms with E-state index >= 15 is 0 Å². The van der Waals surface area contributed by atoms with Crippen LogP contribution in [0.1, 0.15) is 34.1 Å². The zero-order valence-corrected chi connectivity index (χ0v) is 15.4. The first-order valence-electron chi connectivity index (χ1n) is 8.32. The second-order valence-corrected chi connectivity index (χ2v) is 7.22. The monoisotopic (exact) mass is 358 g/mol. The Morgan fingerprint density at radius 2 is 1.88 bits per heavy atom. The van der Waals surface area contributed by atoms with Crippen LogP contribution in [0, 0.1) is 11.2 Å². The van der Waals surface area contributed by atoms with Gasteiger partial charge in [0, 0.05) is 17.9 Å². The maximum atomic E-state index is 12.9. The summed E-state index contributed by atoms with van der Waals surface area (Å²) in [5.41, 5.74) is -0.798. The molecule has 1 N–H and O–H groups in total. The Balaban J connectivity index is 2.14. The van der Waals surface area contributed by atoms with E-state index in [9.17, 15) is 19.1 Å². The molecule has 1 aromatic carbocycles. The zero-order valence-electron chi connectivity index (χ0n) is 15.4. The number of ether oxygens (including phenoxy) is 1. The first kappa shape index (κ1) is 19.8. The molecule has 0 saturated carbocycles. The molecule has 0 amide bonds. The smallest absolute Gasteiger partial charge is 0.336 e. The van der Waals surface area contributed by atoms with Gasteiger partial charge in [0.05, 0.1) is 0 Å². The van der Waals surface area contributed by atoms with Crippen LogP contribution in [0.25, 0.3) is 0 Å². The van der Waals surface area contributed by atoms with E-state index in [2.05, 4.69) is 0 Å². The van der Waals surface area contributed by atoms with Gasteiger partial charge in [-0.15, -0.1) is 0 Å². The summed E-state index contributed by atoms with van der Waals surface area (Å²) in [5.74, 6) is -0.782. The average Bonchev–Trinajstić information content (AvgIpc) is 2.52. The van der Waals surface area contributed by atoms with Crippen LogP contribution in [-0.4, -0.2) is 22.5 Å². The van der Waals surface area contributed by atoms with Gasteiger partial charge < -0.3 is 9.84 Å². The summed E-state index contributed by atoms with van der Waals surface area (Å²) < 4.78 is 18.0. The number of aliphatic hydroxyl groups is 1. The molecule has 0 spiro atoms. The SMILES string of the molecule is CC1=CC(=O)CC(C)(C)[C@@]1(O)/C=C/C(C)=C\C(=O)Oc1ccc(F)cc1. The molecule has 1 aliphatic rings. The highest BCUT2D eigenvalue weighted by molar-refractivity contribution is 5.92. The molecule has 138 valence electrons. The fraction of sp³-hybridized carbons (Fsp3) is 0.333. The minimum atomic E-state index is -1.28. The Bertz CT molecular complexity index is 800. The van der Waals surface area contributed by atoms with Gasteiger partial charge in [-0.2, -0.15) is 0 Å². The van der Waals surface area contributed by atoms with Crippen molar-refractivity contribution in [2.24, 2.45) is 5.41 Å². The third kappa shape index (κ3) is 4.35. The molecule has 4 nitrogen and oxygen atoms in total. The summed E-state index contributed by atoms with van der Waals surface area (Å²) in [6, 6.07) is 5.14. The van der Waals surface area contributed by atoms with E-state index in [4.69, 9.17) is 4.74 Å². The van der Waals surface area contributed by atoms with Crippen LogP contribution in [0.3, 0.4) is 0 Å². The highest BCUT2D eigenvalue weighted by atomic mass is 19.1. The number of esters is 1. The number of ketones is 1. The molecule has 0 radical (unpaired) electrons. The molecular weight excluding hydrogens is 335 g/mol. The molecule has 0 fully saturated rings. The first-order chi connectivity index (χ1) is 12.0. The van der Waals surface area contributed by atoms with E-state index in [1.807, 2.05) is 13.8 Å². The lowest BCUT2D eigenvalue weighted by molar-refractivity contribution is -0.129. The number of carbonyl (C=O) groups excluding carboxylic acids is 2. The largest absolute Gasteiger partial charge is 0.423 e. The zero-order chi connectivity index (χ0) is 19.5. The Labute approximate surface area is 152 Å². The van der Waals surface area contributed by atoms with Crippen molar-refractivity contribution < 1.29 is 23.8 Å². The number of hydrogen-bond donors (Lipinski definition) is 1. The average molecular weight is 358 g/mol. The molecule has 0 unspecified atom stereocenters. The summed E-state index contributed by atoms with van der Waals surface area (Å²) in [5, 5.41) is 11.0. The maximum absolute atomic E-state index is 12.9. The van der Waals surface area contributed by atoms with Crippen molar-refractivity contribution in [2.45, 2.75) is 39.7 Å². The summed E-state index contributed by atoms with van der Waals surface area (Å²) in [4.78, 5) is 23.7. The molecule has 0 aromatic heterocycles. The third-order valence-electron chi connectivity index (χ3n) is 4.59. The van der Waals surface area contributed by atoms with Crippen molar-refractivity contribution in [3.63, 3.8) is 0 Å². The van der Waals surface area contributed by atoms with E-state index in [-0.39, 0.29) is 18.0 Å². The van der Waals surface area contributed by atoms with Crippen LogP contribution in [0.5, 0.6) is 5.75 Å². The van der Waals surface area contributed by atoms with Crippen molar-refractivity contribution in [1.82, 2.24) is 0 Å². The molecule has 5 heteroatoms. The van der Waals surface area contributed by atoms with E-state index < -0.39 is 22.8 Å². The second kappa shape index (κ2) is 7.38. The molecule has 0 aliphatic heterocycles. The van der Waals surface area contributed by atoms with E-state index in [1.54, 1.807) is 26.0 Å². The van der Waals surface area contributed by atoms with Crippen LogP contribution in [-0.2, 0) is 9.59 Å². The first-order valence-corrected chi connectivity index (χ1v) is 8.32. The molecule has 2 rings (SSSR count). The van der Waals surface area contributed by atoms with Gasteiger partial charge in [-0.1, -0.05) is 19.9 Å². The number of hydrogen-bond acceptors (Lipinski definition) is 4. The van der Waals surface area contributed by atoms with Gasteiger partial charge in [-0.05, 0) is 61.4 Å². The summed E-state index contributed by atoms with van der Waals surface area (Å²) >= 11 is 0. The number of carbonyl (C=O) groups is 2. The Morgan fingerprint density at radius 3 is 2.46 bits per heavy atom. The lowest BCUT2D eigenvalue weighted by Crippen LogP contribution is -2.48. The lowest BCUT2D eigenvalue weighted by atomic mass is 9.64. The van der Waals surface area contributed by atoms with E-state index in [1.165, 1.54) is 36.4 Å². The summed E-state index contributed by atoms with van der Waals surface area (Å²) in [6.07, 6.45) is 6.20. The molecule has 0 heterocycles. The minimum absolute atomic E-state index is 0.0132. The Morgan fingerprint density at radius 1 is 1.27 bits per heavy atom. The quantitative estimate of drug-likeness (QED) is 0.384. The van der Waals surface area contributed by atoms with Gasteiger partial charge in [-0.3, -0.25) is 4.79 Å². The molecule has 1 aliphatic carbocycles. The summed E-state index contributed by atoms with van der Waals surface area (Å²) in [6.45, 7) is 7.07. The molecule has 1 aromatic rings. The molecule has 26 heavy (non-hydrogen) atoms. The standard InChI is InChI=1S/C21H23FO4/c1-14(11-19(24)26-18-7-5-16(22)6-8-18)9-10-21(25)15(2)12-17(23)13-20(21,3)4/h5-12,25H,13H2,1-4H3/b10-9+,14-11-/t21-/m1/s1. The van der Waals surface area contributed by atoms with Crippen LogP contribution >= 0.6 is 0 Å². The Kier molecular flexibility index (Phi) is 5.62. The molecular formula is C21H23FO4. The van der Waals surface area contributed by atoms with Crippen molar-refractivity contribution in [1.29, 1.82) is 0 Å². The lowest BCUT2D eigenvalue weighted by Gasteiger charge is -2.43. The van der Waals surface area contributed by atoms with Crippen molar-refractivity contribution in [2.75, 3.05) is 0 Å². The van der Waals surface area contributed by atoms with E-state index in [0.717, 1.165) is 0 Å². The summed E-state index contributed by atoms with van der Waals surface area (Å²) in [7, 11) is 0. The second-order valence-electron chi connectivity index (χ2n) is 7.22. The van der Waals surface area contributed by atoms with Gasteiger partial charge in [0.25, 0.3) is 0 Å². The number of allylic oxidation sites excluding steroid dienone is 3. The van der Waals surface area contributed by atoms with Crippen molar-refractivity contribution in [3.05, 3.63) is 65.5 Å².